The molecule has 2 unspecified atom stereocenters. The standard InChI is InChI=1S/C14H23Br/c1-10(2)6-7-12-11(3)13(15)8-9-14(12,4)5/h12-13H,1,3,6-9H2,2,4-5H3. The first kappa shape index (κ1) is 13.0. The zero-order chi connectivity index (χ0) is 11.6. The minimum absolute atomic E-state index is 0.413. The molecule has 1 aliphatic rings. The SMILES string of the molecule is C=C(C)CCC1C(=C)C(Br)CCC1(C)C. The number of hydrogen-bond acceptors (Lipinski definition) is 0. The molecule has 15 heavy (non-hydrogen) atoms. The molecule has 0 saturated heterocycles. The quantitative estimate of drug-likeness (QED) is 0.495. The first-order valence-electron chi connectivity index (χ1n) is 5.81. The van der Waals surface area contributed by atoms with Gasteiger partial charge < -0.3 is 0 Å². The summed E-state index contributed by atoms with van der Waals surface area (Å²) in [4.78, 5) is 0.528. The Bertz CT molecular complexity index is 263. The highest BCUT2D eigenvalue weighted by Crippen LogP contribution is 2.47. The highest BCUT2D eigenvalue weighted by atomic mass is 79.9. The van der Waals surface area contributed by atoms with E-state index in [0.717, 1.165) is 6.42 Å². The van der Waals surface area contributed by atoms with Crippen LogP contribution in [0, 0.1) is 11.3 Å². The molecule has 0 nitrogen and oxygen atoms in total. The molecule has 1 fully saturated rings. The third-order valence-electron chi connectivity index (χ3n) is 3.70. The van der Waals surface area contributed by atoms with Crippen LogP contribution < -0.4 is 0 Å². The molecule has 0 aromatic heterocycles. The van der Waals surface area contributed by atoms with Gasteiger partial charge in [0.05, 0.1) is 0 Å². The highest BCUT2D eigenvalue weighted by Gasteiger charge is 2.37. The van der Waals surface area contributed by atoms with Crippen LogP contribution in [0.4, 0.5) is 0 Å². The average Bonchev–Trinajstić information content (AvgIpc) is 2.11. The number of alkyl halides is 1. The lowest BCUT2D eigenvalue weighted by Crippen LogP contribution is -2.34. The summed E-state index contributed by atoms with van der Waals surface area (Å²) in [5, 5.41) is 0. The van der Waals surface area contributed by atoms with E-state index in [-0.39, 0.29) is 0 Å². The summed E-state index contributed by atoms with van der Waals surface area (Å²) in [5.74, 6) is 0.646. The lowest BCUT2D eigenvalue weighted by molar-refractivity contribution is 0.184. The molecule has 1 heteroatoms. The van der Waals surface area contributed by atoms with Crippen molar-refractivity contribution in [1.29, 1.82) is 0 Å². The molecule has 0 aromatic carbocycles. The first-order chi connectivity index (χ1) is 6.84. The van der Waals surface area contributed by atoms with E-state index in [1.807, 2.05) is 0 Å². The number of hydrogen-bond donors (Lipinski definition) is 0. The molecule has 0 amide bonds. The molecule has 1 aliphatic carbocycles. The minimum Gasteiger partial charge on any atom is -0.100 e. The maximum atomic E-state index is 4.27. The van der Waals surface area contributed by atoms with Gasteiger partial charge in [-0.1, -0.05) is 47.5 Å². The number of halogens is 1. The molecule has 0 aliphatic heterocycles. The van der Waals surface area contributed by atoms with Crippen LogP contribution in [0.1, 0.15) is 46.5 Å². The van der Waals surface area contributed by atoms with Crippen molar-refractivity contribution in [3.63, 3.8) is 0 Å². The lowest BCUT2D eigenvalue weighted by Gasteiger charge is -2.42. The average molecular weight is 271 g/mol. The summed E-state index contributed by atoms with van der Waals surface area (Å²) in [6.07, 6.45) is 4.87. The van der Waals surface area contributed by atoms with Gasteiger partial charge in [-0.2, -0.15) is 0 Å². The molecule has 1 rings (SSSR count). The summed E-state index contributed by atoms with van der Waals surface area (Å²) in [5.41, 5.74) is 3.10. The van der Waals surface area contributed by atoms with Crippen molar-refractivity contribution in [3.05, 3.63) is 24.3 Å². The van der Waals surface area contributed by atoms with E-state index in [1.54, 1.807) is 0 Å². The van der Waals surface area contributed by atoms with Gasteiger partial charge >= 0.3 is 0 Å². The summed E-state index contributed by atoms with van der Waals surface area (Å²) >= 11 is 3.73. The van der Waals surface area contributed by atoms with E-state index in [4.69, 9.17) is 0 Å². The second kappa shape index (κ2) is 4.86. The van der Waals surface area contributed by atoms with Crippen LogP contribution in [0.2, 0.25) is 0 Å². The smallest absolute Gasteiger partial charge is 0.0355 e. The molecule has 0 bridgehead atoms. The molecular weight excluding hydrogens is 248 g/mol. The largest absolute Gasteiger partial charge is 0.100 e. The molecule has 0 radical (unpaired) electrons. The zero-order valence-electron chi connectivity index (χ0n) is 10.3. The Kier molecular flexibility index (Phi) is 4.22. The van der Waals surface area contributed by atoms with Crippen LogP contribution in [0.3, 0.4) is 0 Å². The van der Waals surface area contributed by atoms with Crippen LogP contribution in [0.15, 0.2) is 24.3 Å². The summed E-state index contributed by atoms with van der Waals surface area (Å²) in [6, 6.07) is 0. The van der Waals surface area contributed by atoms with Crippen molar-refractivity contribution < 1.29 is 0 Å². The Labute approximate surface area is 103 Å². The van der Waals surface area contributed by atoms with Crippen molar-refractivity contribution in [2.24, 2.45) is 11.3 Å². The Hall–Kier alpha value is -0.0400. The van der Waals surface area contributed by atoms with Crippen molar-refractivity contribution >= 4 is 15.9 Å². The summed E-state index contributed by atoms with van der Waals surface area (Å²) in [6.45, 7) is 15.1. The molecule has 0 N–H and O–H groups in total. The normalized spacial score (nSPS) is 30.3. The van der Waals surface area contributed by atoms with Gasteiger partial charge in [0.15, 0.2) is 0 Å². The van der Waals surface area contributed by atoms with E-state index in [9.17, 15) is 0 Å². The van der Waals surface area contributed by atoms with Crippen LogP contribution >= 0.6 is 15.9 Å². The topological polar surface area (TPSA) is 0 Å². The zero-order valence-corrected chi connectivity index (χ0v) is 11.9. The van der Waals surface area contributed by atoms with E-state index in [2.05, 4.69) is 49.9 Å². The monoisotopic (exact) mass is 270 g/mol. The Balaban J connectivity index is 2.70. The molecule has 0 heterocycles. The Morgan fingerprint density at radius 1 is 1.53 bits per heavy atom. The van der Waals surface area contributed by atoms with Gasteiger partial charge in [0, 0.05) is 4.83 Å². The third kappa shape index (κ3) is 3.21. The maximum absolute atomic E-state index is 4.27. The summed E-state index contributed by atoms with van der Waals surface area (Å²) < 4.78 is 0. The molecule has 0 aromatic rings. The van der Waals surface area contributed by atoms with E-state index in [0.29, 0.717) is 16.2 Å². The van der Waals surface area contributed by atoms with Crippen LogP contribution in [-0.4, -0.2) is 4.83 Å². The van der Waals surface area contributed by atoms with Crippen LogP contribution in [-0.2, 0) is 0 Å². The molecular formula is C14H23Br. The van der Waals surface area contributed by atoms with Crippen molar-refractivity contribution in [1.82, 2.24) is 0 Å². The van der Waals surface area contributed by atoms with Gasteiger partial charge in [-0.05, 0) is 43.9 Å². The van der Waals surface area contributed by atoms with Crippen LogP contribution in [0.5, 0.6) is 0 Å². The fourth-order valence-corrected chi connectivity index (χ4v) is 3.09. The Morgan fingerprint density at radius 2 is 2.13 bits per heavy atom. The predicted octanol–water partition coefficient (Wildman–Crippen LogP) is 5.10. The third-order valence-corrected chi connectivity index (χ3v) is 4.74. The second-order valence-corrected chi connectivity index (χ2v) is 6.72. The Morgan fingerprint density at radius 3 is 2.67 bits per heavy atom. The highest BCUT2D eigenvalue weighted by molar-refractivity contribution is 9.09. The molecule has 2 atom stereocenters. The first-order valence-corrected chi connectivity index (χ1v) is 6.73. The van der Waals surface area contributed by atoms with Gasteiger partial charge in [-0.25, -0.2) is 0 Å². The second-order valence-electron chi connectivity index (χ2n) is 5.62. The van der Waals surface area contributed by atoms with E-state index < -0.39 is 0 Å². The number of rotatable bonds is 3. The van der Waals surface area contributed by atoms with Gasteiger partial charge in [0.2, 0.25) is 0 Å². The van der Waals surface area contributed by atoms with E-state index >= 15 is 0 Å². The van der Waals surface area contributed by atoms with Crippen molar-refractivity contribution in [3.8, 4) is 0 Å². The fraction of sp³-hybridized carbons (Fsp3) is 0.714. The van der Waals surface area contributed by atoms with Gasteiger partial charge in [-0.3, -0.25) is 0 Å². The van der Waals surface area contributed by atoms with Gasteiger partial charge in [0.25, 0.3) is 0 Å². The van der Waals surface area contributed by atoms with Crippen LogP contribution in [0.25, 0.3) is 0 Å². The number of allylic oxidation sites excluding steroid dienone is 2. The summed E-state index contributed by atoms with van der Waals surface area (Å²) in [7, 11) is 0. The van der Waals surface area contributed by atoms with Crippen molar-refractivity contribution in [2.45, 2.75) is 51.3 Å². The fourth-order valence-electron chi connectivity index (χ4n) is 2.55. The molecule has 1 saturated carbocycles. The van der Waals surface area contributed by atoms with Crippen molar-refractivity contribution in [2.75, 3.05) is 0 Å². The predicted molar refractivity (Wildman–Crippen MR) is 72.4 cm³/mol. The van der Waals surface area contributed by atoms with Gasteiger partial charge in [-0.15, -0.1) is 6.58 Å². The van der Waals surface area contributed by atoms with Gasteiger partial charge in [0.1, 0.15) is 0 Å². The molecule has 86 valence electrons. The van der Waals surface area contributed by atoms with E-state index in [1.165, 1.54) is 30.4 Å². The lowest BCUT2D eigenvalue weighted by atomic mass is 9.65. The minimum atomic E-state index is 0.413. The molecule has 0 spiro atoms. The maximum Gasteiger partial charge on any atom is 0.0355 e.